The maximum atomic E-state index is 2.42. The molecule has 0 saturated carbocycles. The van der Waals surface area contributed by atoms with Gasteiger partial charge in [0.25, 0.3) is 0 Å². The molecular weight excluding hydrogens is 508 g/mol. The highest BCUT2D eigenvalue weighted by Crippen LogP contribution is 2.37. The molecule has 5 aromatic carbocycles. The summed E-state index contributed by atoms with van der Waals surface area (Å²) in [6.45, 7) is 0. The quantitative estimate of drug-likeness (QED) is 0.195. The Kier molecular flexibility index (Phi) is 7.10. The number of aromatic nitrogens is 1. The standard InChI is InChI=1S/C40H32N2/c1-5-13-33(14-6-1)39-29-30-40(34-15-7-2-8-16-34)42(39)38-27-23-32(24-28-38)31-21-25-37(26-22-31)41(35-17-9-3-10-18-35)36-19-11-4-12-20-36/h1-15,17-30,34H,16H2. The van der Waals surface area contributed by atoms with Crippen molar-refractivity contribution in [3.63, 3.8) is 0 Å². The smallest absolute Gasteiger partial charge is 0.0531 e. The van der Waals surface area contributed by atoms with Crippen LogP contribution in [0.4, 0.5) is 17.1 Å². The fraction of sp³-hybridized carbons (Fsp3) is 0.0500. The second kappa shape index (κ2) is 11.6. The summed E-state index contributed by atoms with van der Waals surface area (Å²) in [6.07, 6.45) is 9.89. The largest absolute Gasteiger partial charge is 0.313 e. The van der Waals surface area contributed by atoms with Gasteiger partial charge in [0.2, 0.25) is 0 Å². The van der Waals surface area contributed by atoms with Crippen molar-refractivity contribution in [1.82, 2.24) is 4.57 Å². The van der Waals surface area contributed by atoms with E-state index in [1.165, 1.54) is 33.8 Å². The van der Waals surface area contributed by atoms with E-state index in [1.807, 2.05) is 0 Å². The first-order chi connectivity index (χ1) is 20.8. The Labute approximate surface area is 248 Å². The summed E-state index contributed by atoms with van der Waals surface area (Å²) in [4.78, 5) is 2.29. The minimum Gasteiger partial charge on any atom is -0.313 e. The molecule has 0 spiro atoms. The van der Waals surface area contributed by atoms with Crippen molar-refractivity contribution < 1.29 is 0 Å². The van der Waals surface area contributed by atoms with E-state index >= 15 is 0 Å². The summed E-state index contributed by atoms with van der Waals surface area (Å²) >= 11 is 0. The normalized spacial score (nSPS) is 14.1. The van der Waals surface area contributed by atoms with Crippen LogP contribution in [0.3, 0.4) is 0 Å². The van der Waals surface area contributed by atoms with Gasteiger partial charge in [-0.2, -0.15) is 0 Å². The Morgan fingerprint density at radius 2 is 1.02 bits per heavy atom. The summed E-state index contributed by atoms with van der Waals surface area (Å²) in [5, 5.41) is 0. The van der Waals surface area contributed by atoms with Crippen LogP contribution in [0.5, 0.6) is 0 Å². The average Bonchev–Trinajstić information content (AvgIpc) is 3.53. The average molecular weight is 541 g/mol. The maximum Gasteiger partial charge on any atom is 0.0531 e. The van der Waals surface area contributed by atoms with Gasteiger partial charge in [0.15, 0.2) is 0 Å². The van der Waals surface area contributed by atoms with Crippen molar-refractivity contribution in [2.75, 3.05) is 4.90 Å². The second-order valence-corrected chi connectivity index (χ2v) is 10.6. The van der Waals surface area contributed by atoms with E-state index in [0.717, 1.165) is 23.5 Å². The lowest BCUT2D eigenvalue weighted by atomic mass is 9.97. The molecule has 1 unspecified atom stereocenters. The van der Waals surface area contributed by atoms with Crippen LogP contribution in [-0.4, -0.2) is 4.57 Å². The van der Waals surface area contributed by atoms with E-state index < -0.39 is 0 Å². The SMILES string of the molecule is C1=CCC(c2ccc(-c3ccccc3)n2-c2ccc(-c3ccc(N(c4ccccc4)c4ccccc4)cc3)cc2)C=C1. The number of allylic oxidation sites excluding steroid dienone is 4. The Morgan fingerprint density at radius 1 is 0.476 bits per heavy atom. The fourth-order valence-electron chi connectivity index (χ4n) is 5.87. The van der Waals surface area contributed by atoms with E-state index in [-0.39, 0.29) is 0 Å². The summed E-state index contributed by atoms with van der Waals surface area (Å²) in [5.41, 5.74) is 10.7. The third kappa shape index (κ3) is 5.11. The molecule has 42 heavy (non-hydrogen) atoms. The van der Waals surface area contributed by atoms with Gasteiger partial charge in [0.05, 0.1) is 5.69 Å². The van der Waals surface area contributed by atoms with Gasteiger partial charge in [0.1, 0.15) is 0 Å². The molecule has 1 atom stereocenters. The van der Waals surface area contributed by atoms with E-state index in [2.05, 4.69) is 185 Å². The van der Waals surface area contributed by atoms with Gasteiger partial charge in [-0.15, -0.1) is 0 Å². The summed E-state index contributed by atoms with van der Waals surface area (Å²) in [7, 11) is 0. The lowest BCUT2D eigenvalue weighted by molar-refractivity contribution is 0.786. The topological polar surface area (TPSA) is 8.17 Å². The molecule has 0 N–H and O–H groups in total. The number of hydrogen-bond acceptors (Lipinski definition) is 1. The maximum absolute atomic E-state index is 2.42. The third-order valence-electron chi connectivity index (χ3n) is 7.95. The lowest BCUT2D eigenvalue weighted by Gasteiger charge is -2.25. The van der Waals surface area contributed by atoms with Gasteiger partial charge < -0.3 is 9.47 Å². The van der Waals surface area contributed by atoms with Crippen LogP contribution in [0.25, 0.3) is 28.1 Å². The molecule has 2 nitrogen and oxygen atoms in total. The van der Waals surface area contributed by atoms with Crippen LogP contribution in [0.1, 0.15) is 18.0 Å². The molecule has 7 rings (SSSR count). The van der Waals surface area contributed by atoms with E-state index in [9.17, 15) is 0 Å². The molecular formula is C40H32N2. The molecule has 0 saturated heterocycles. The minimum atomic E-state index is 0.358. The zero-order valence-electron chi connectivity index (χ0n) is 23.4. The molecule has 0 fully saturated rings. The van der Waals surface area contributed by atoms with Gasteiger partial charge >= 0.3 is 0 Å². The van der Waals surface area contributed by atoms with Gasteiger partial charge in [-0.05, 0) is 83.8 Å². The van der Waals surface area contributed by atoms with Crippen LogP contribution in [-0.2, 0) is 0 Å². The zero-order chi connectivity index (χ0) is 28.1. The number of benzene rings is 5. The van der Waals surface area contributed by atoms with Crippen molar-refractivity contribution in [3.05, 3.63) is 182 Å². The molecule has 1 aliphatic carbocycles. The van der Waals surface area contributed by atoms with Gasteiger partial charge in [-0.3, -0.25) is 0 Å². The molecule has 0 aliphatic heterocycles. The monoisotopic (exact) mass is 540 g/mol. The molecule has 202 valence electrons. The van der Waals surface area contributed by atoms with Gasteiger partial charge in [-0.25, -0.2) is 0 Å². The zero-order valence-corrected chi connectivity index (χ0v) is 23.4. The van der Waals surface area contributed by atoms with Gasteiger partial charge in [-0.1, -0.05) is 115 Å². The molecule has 1 aliphatic rings. The third-order valence-corrected chi connectivity index (χ3v) is 7.95. The van der Waals surface area contributed by atoms with Crippen LogP contribution in [0.2, 0.25) is 0 Å². The van der Waals surface area contributed by atoms with Gasteiger partial charge in [0, 0.05) is 34.4 Å². The van der Waals surface area contributed by atoms with E-state index in [1.54, 1.807) is 0 Å². The number of rotatable bonds is 7. The van der Waals surface area contributed by atoms with Crippen molar-refractivity contribution in [2.24, 2.45) is 0 Å². The van der Waals surface area contributed by atoms with Crippen LogP contribution >= 0.6 is 0 Å². The molecule has 0 radical (unpaired) electrons. The molecule has 1 heterocycles. The Morgan fingerprint density at radius 3 is 1.60 bits per heavy atom. The number of nitrogens with zero attached hydrogens (tertiary/aromatic N) is 2. The predicted molar refractivity (Wildman–Crippen MR) is 177 cm³/mol. The Bertz CT molecular complexity index is 1770. The molecule has 1 aromatic heterocycles. The first-order valence-electron chi connectivity index (χ1n) is 14.6. The fourth-order valence-corrected chi connectivity index (χ4v) is 5.87. The molecule has 0 bridgehead atoms. The molecule has 0 amide bonds. The predicted octanol–water partition coefficient (Wildman–Crippen LogP) is 10.9. The van der Waals surface area contributed by atoms with Crippen LogP contribution < -0.4 is 4.90 Å². The summed E-state index contributed by atoms with van der Waals surface area (Å²) in [5.74, 6) is 0.358. The number of anilines is 3. The number of para-hydroxylation sites is 2. The highest BCUT2D eigenvalue weighted by Gasteiger charge is 2.18. The minimum absolute atomic E-state index is 0.358. The summed E-state index contributed by atoms with van der Waals surface area (Å²) < 4.78 is 2.42. The highest BCUT2D eigenvalue weighted by molar-refractivity contribution is 5.78. The lowest BCUT2D eigenvalue weighted by Crippen LogP contribution is -2.09. The van der Waals surface area contributed by atoms with Crippen molar-refractivity contribution in [1.29, 1.82) is 0 Å². The highest BCUT2D eigenvalue weighted by atomic mass is 15.1. The van der Waals surface area contributed by atoms with E-state index in [0.29, 0.717) is 5.92 Å². The van der Waals surface area contributed by atoms with Crippen molar-refractivity contribution >= 4 is 17.1 Å². The number of hydrogen-bond donors (Lipinski definition) is 0. The summed E-state index contributed by atoms with van der Waals surface area (Å²) in [6, 6.07) is 54.1. The van der Waals surface area contributed by atoms with E-state index in [4.69, 9.17) is 0 Å². The first kappa shape index (κ1) is 25.6. The Hall–Kier alpha value is -5.34. The van der Waals surface area contributed by atoms with Crippen molar-refractivity contribution in [2.45, 2.75) is 12.3 Å². The molecule has 6 aromatic rings. The second-order valence-electron chi connectivity index (χ2n) is 10.6. The molecule has 2 heteroatoms. The first-order valence-corrected chi connectivity index (χ1v) is 14.6. The van der Waals surface area contributed by atoms with Crippen LogP contribution in [0, 0.1) is 0 Å². The van der Waals surface area contributed by atoms with Crippen LogP contribution in [0.15, 0.2) is 176 Å². The Balaban J connectivity index is 1.22. The van der Waals surface area contributed by atoms with Crippen molar-refractivity contribution in [3.8, 4) is 28.1 Å².